The Kier molecular flexibility index (Phi) is 2.58. The minimum atomic E-state index is -0.940. The van der Waals surface area contributed by atoms with Crippen molar-refractivity contribution in [2.45, 2.75) is 11.8 Å². The van der Waals surface area contributed by atoms with Gasteiger partial charge in [0.05, 0.1) is 0 Å². The van der Waals surface area contributed by atoms with Crippen molar-refractivity contribution in [3.05, 3.63) is 54.6 Å². The van der Waals surface area contributed by atoms with E-state index in [2.05, 4.69) is 0 Å². The third kappa shape index (κ3) is 2.26. The molecule has 0 fully saturated rings. The Morgan fingerprint density at radius 2 is 1.80 bits per heavy atom. The van der Waals surface area contributed by atoms with E-state index in [0.29, 0.717) is 0 Å². The first kappa shape index (κ1) is 9.96. The number of ether oxygens (including phenoxy) is 1. The van der Waals surface area contributed by atoms with Gasteiger partial charge < -0.3 is 16.2 Å². The predicted molar refractivity (Wildman–Crippen MR) is 60.2 cm³/mol. The van der Waals surface area contributed by atoms with Crippen LogP contribution in [-0.2, 0) is 0 Å². The number of allylic oxidation sites excluding steroid dienone is 2. The van der Waals surface area contributed by atoms with Gasteiger partial charge in [-0.1, -0.05) is 30.4 Å². The molecule has 1 aliphatic rings. The van der Waals surface area contributed by atoms with E-state index in [0.717, 1.165) is 5.75 Å². The highest BCUT2D eigenvalue weighted by molar-refractivity contribution is 5.27. The zero-order chi connectivity index (χ0) is 10.7. The van der Waals surface area contributed by atoms with Crippen molar-refractivity contribution >= 4 is 0 Å². The molecule has 0 aromatic heterocycles. The highest BCUT2D eigenvalue weighted by Crippen LogP contribution is 2.18. The van der Waals surface area contributed by atoms with E-state index < -0.39 is 5.66 Å². The number of para-hydroxylation sites is 1. The van der Waals surface area contributed by atoms with Crippen LogP contribution in [0, 0.1) is 0 Å². The molecule has 1 aromatic rings. The lowest BCUT2D eigenvalue weighted by Gasteiger charge is -2.31. The molecule has 0 spiro atoms. The lowest BCUT2D eigenvalue weighted by Crippen LogP contribution is -2.59. The van der Waals surface area contributed by atoms with Gasteiger partial charge in [0, 0.05) is 0 Å². The normalized spacial score (nSPS) is 22.7. The highest BCUT2D eigenvalue weighted by atomic mass is 16.5. The van der Waals surface area contributed by atoms with Gasteiger partial charge in [0.25, 0.3) is 0 Å². The van der Waals surface area contributed by atoms with E-state index in [9.17, 15) is 0 Å². The molecule has 0 saturated carbocycles. The molecule has 4 N–H and O–H groups in total. The summed E-state index contributed by atoms with van der Waals surface area (Å²) in [7, 11) is 0. The Labute approximate surface area is 89.0 Å². The van der Waals surface area contributed by atoms with E-state index in [1.54, 1.807) is 6.08 Å². The Hall–Kier alpha value is -1.58. The summed E-state index contributed by atoms with van der Waals surface area (Å²) >= 11 is 0. The molecule has 15 heavy (non-hydrogen) atoms. The summed E-state index contributed by atoms with van der Waals surface area (Å²) in [5, 5.41) is 0. The van der Waals surface area contributed by atoms with Gasteiger partial charge in [0.1, 0.15) is 11.4 Å². The molecule has 3 nitrogen and oxygen atoms in total. The fourth-order valence-electron chi connectivity index (χ4n) is 1.44. The van der Waals surface area contributed by atoms with Crippen molar-refractivity contribution in [2.75, 3.05) is 0 Å². The van der Waals surface area contributed by atoms with Crippen molar-refractivity contribution in [3.63, 3.8) is 0 Å². The second kappa shape index (κ2) is 3.88. The molecule has 1 unspecified atom stereocenters. The van der Waals surface area contributed by atoms with Crippen LogP contribution in [-0.4, -0.2) is 11.8 Å². The van der Waals surface area contributed by atoms with Gasteiger partial charge in [-0.25, -0.2) is 0 Å². The maximum Gasteiger partial charge on any atom is 0.152 e. The second-order valence-corrected chi connectivity index (χ2v) is 3.60. The van der Waals surface area contributed by atoms with Gasteiger partial charge in [-0.3, -0.25) is 0 Å². The molecule has 0 aliphatic heterocycles. The number of rotatable bonds is 2. The second-order valence-electron chi connectivity index (χ2n) is 3.60. The monoisotopic (exact) mass is 202 g/mol. The topological polar surface area (TPSA) is 61.3 Å². The highest BCUT2D eigenvalue weighted by Gasteiger charge is 2.29. The number of benzene rings is 1. The zero-order valence-corrected chi connectivity index (χ0v) is 8.34. The predicted octanol–water partition coefficient (Wildman–Crippen LogP) is 1.17. The number of nitrogens with two attached hydrogens (primary N) is 2. The van der Waals surface area contributed by atoms with Gasteiger partial charge in [-0.15, -0.1) is 0 Å². The molecule has 0 radical (unpaired) electrons. The molecule has 2 rings (SSSR count). The standard InChI is InChI=1S/C12H14N2O/c13-12(14)9-5-4-8-11(12)15-10-6-2-1-3-7-10/h1-9,11H,13-14H2. The molecule has 1 atom stereocenters. The first-order valence-electron chi connectivity index (χ1n) is 4.84. The van der Waals surface area contributed by atoms with Crippen LogP contribution < -0.4 is 16.2 Å². The Morgan fingerprint density at radius 1 is 1.07 bits per heavy atom. The van der Waals surface area contributed by atoms with Crippen LogP contribution in [0.3, 0.4) is 0 Å². The zero-order valence-electron chi connectivity index (χ0n) is 8.34. The van der Waals surface area contributed by atoms with E-state index in [4.69, 9.17) is 16.2 Å². The summed E-state index contributed by atoms with van der Waals surface area (Å²) in [6.45, 7) is 0. The maximum absolute atomic E-state index is 5.88. The van der Waals surface area contributed by atoms with E-state index in [-0.39, 0.29) is 6.10 Å². The lowest BCUT2D eigenvalue weighted by molar-refractivity contribution is 0.180. The SMILES string of the molecule is NC1(N)C=CC=CC1Oc1ccccc1. The van der Waals surface area contributed by atoms with Crippen LogP contribution in [0.4, 0.5) is 0 Å². The van der Waals surface area contributed by atoms with E-state index in [1.807, 2.05) is 48.6 Å². The summed E-state index contributed by atoms with van der Waals surface area (Å²) in [5.41, 5.74) is 10.8. The minimum absolute atomic E-state index is 0.329. The Bertz CT molecular complexity index is 382. The van der Waals surface area contributed by atoms with Gasteiger partial charge >= 0.3 is 0 Å². The molecule has 78 valence electrons. The molecule has 3 heteroatoms. The van der Waals surface area contributed by atoms with Crippen LogP contribution >= 0.6 is 0 Å². The van der Waals surface area contributed by atoms with E-state index >= 15 is 0 Å². The summed E-state index contributed by atoms with van der Waals surface area (Å²) < 4.78 is 5.68. The van der Waals surface area contributed by atoms with Crippen LogP contribution in [0.25, 0.3) is 0 Å². The summed E-state index contributed by atoms with van der Waals surface area (Å²) in [4.78, 5) is 0. The third-order valence-corrected chi connectivity index (χ3v) is 2.28. The van der Waals surface area contributed by atoms with Gasteiger partial charge in [-0.2, -0.15) is 0 Å². The molecule has 1 aromatic carbocycles. The smallest absolute Gasteiger partial charge is 0.152 e. The average Bonchev–Trinajstić information content (AvgIpc) is 2.23. The summed E-state index contributed by atoms with van der Waals surface area (Å²) in [6, 6.07) is 9.50. The molecule has 1 aliphatic carbocycles. The first-order valence-corrected chi connectivity index (χ1v) is 4.84. The number of hydrogen-bond acceptors (Lipinski definition) is 3. The van der Waals surface area contributed by atoms with E-state index in [1.165, 1.54) is 0 Å². The van der Waals surface area contributed by atoms with Crippen molar-refractivity contribution in [1.29, 1.82) is 0 Å². The molecule has 0 bridgehead atoms. The van der Waals surface area contributed by atoms with Crippen molar-refractivity contribution in [2.24, 2.45) is 11.5 Å². The van der Waals surface area contributed by atoms with Crippen molar-refractivity contribution < 1.29 is 4.74 Å². The average molecular weight is 202 g/mol. The van der Waals surface area contributed by atoms with Gasteiger partial charge in [0.15, 0.2) is 6.10 Å². The number of hydrogen-bond donors (Lipinski definition) is 2. The maximum atomic E-state index is 5.88. The molecule has 0 heterocycles. The van der Waals surface area contributed by atoms with Crippen LogP contribution in [0.15, 0.2) is 54.6 Å². The minimum Gasteiger partial charge on any atom is -0.483 e. The summed E-state index contributed by atoms with van der Waals surface area (Å²) in [6.07, 6.45) is 6.97. The quantitative estimate of drug-likeness (QED) is 0.708. The van der Waals surface area contributed by atoms with Crippen LogP contribution in [0.1, 0.15) is 0 Å². The van der Waals surface area contributed by atoms with Crippen LogP contribution in [0.5, 0.6) is 5.75 Å². The Balaban J connectivity index is 2.13. The Morgan fingerprint density at radius 3 is 2.47 bits per heavy atom. The molecule has 0 amide bonds. The van der Waals surface area contributed by atoms with Crippen molar-refractivity contribution in [1.82, 2.24) is 0 Å². The molecular weight excluding hydrogens is 188 g/mol. The van der Waals surface area contributed by atoms with Crippen molar-refractivity contribution in [3.8, 4) is 5.75 Å². The fraction of sp³-hybridized carbons (Fsp3) is 0.167. The molecular formula is C12H14N2O. The first-order chi connectivity index (χ1) is 7.18. The lowest BCUT2D eigenvalue weighted by atomic mass is 10.00. The summed E-state index contributed by atoms with van der Waals surface area (Å²) in [5.74, 6) is 0.766. The third-order valence-electron chi connectivity index (χ3n) is 2.28. The fourth-order valence-corrected chi connectivity index (χ4v) is 1.44. The largest absolute Gasteiger partial charge is 0.483 e. The van der Waals surface area contributed by atoms with Crippen LogP contribution in [0.2, 0.25) is 0 Å². The van der Waals surface area contributed by atoms with Gasteiger partial charge in [-0.05, 0) is 24.3 Å². The molecule has 0 saturated heterocycles. The van der Waals surface area contributed by atoms with Gasteiger partial charge in [0.2, 0.25) is 0 Å².